The summed E-state index contributed by atoms with van der Waals surface area (Å²) in [6.07, 6.45) is 21.0. The van der Waals surface area contributed by atoms with Gasteiger partial charge in [-0.15, -0.1) is 0 Å². The molecule has 1 unspecified atom stereocenters. The van der Waals surface area contributed by atoms with Crippen LogP contribution in [0.3, 0.4) is 0 Å². The molecule has 0 radical (unpaired) electrons. The van der Waals surface area contributed by atoms with E-state index in [1.54, 1.807) is 0 Å². The highest BCUT2D eigenvalue weighted by molar-refractivity contribution is 5.79. The lowest BCUT2D eigenvalue weighted by molar-refractivity contribution is -0.152. The molecule has 1 atom stereocenters. The maximum Gasteiger partial charge on any atom is 0.309 e. The predicted molar refractivity (Wildman–Crippen MR) is 112 cm³/mol. The number of carboxylic acids is 1. The molecule has 1 N–H and O–H groups in total. The van der Waals surface area contributed by atoms with E-state index in [9.17, 15) is 9.59 Å². The van der Waals surface area contributed by atoms with E-state index in [4.69, 9.17) is 9.84 Å². The van der Waals surface area contributed by atoms with E-state index < -0.39 is 17.9 Å². The number of allylic oxidation sites excluding steroid dienone is 2. The van der Waals surface area contributed by atoms with Crippen LogP contribution < -0.4 is 0 Å². The number of carbonyl (C=O) groups is 2. The fourth-order valence-electron chi connectivity index (χ4n) is 3.07. The maximum atomic E-state index is 11.9. The lowest BCUT2D eigenvalue weighted by Gasteiger charge is -2.13. The Balaban J connectivity index is 3.60. The Bertz CT molecular complexity index is 415. The smallest absolute Gasteiger partial charge is 0.309 e. The monoisotopic (exact) mass is 380 g/mol. The van der Waals surface area contributed by atoms with Crippen molar-refractivity contribution in [1.82, 2.24) is 0 Å². The number of aliphatic carboxylic acids is 1. The highest BCUT2D eigenvalue weighted by Crippen LogP contribution is 2.18. The first-order valence-corrected chi connectivity index (χ1v) is 10.8. The third-order valence-corrected chi connectivity index (χ3v) is 4.64. The summed E-state index contributed by atoms with van der Waals surface area (Å²) in [7, 11) is 0. The summed E-state index contributed by atoms with van der Waals surface area (Å²) in [5.74, 6) is -1.90. The van der Waals surface area contributed by atoms with Crippen molar-refractivity contribution in [1.29, 1.82) is 0 Å². The molecule has 0 rings (SSSR count). The summed E-state index contributed by atoms with van der Waals surface area (Å²) in [5, 5.41) is 8.94. The lowest BCUT2D eigenvalue weighted by atomic mass is 9.97. The molecule has 4 heteroatoms. The fourth-order valence-corrected chi connectivity index (χ4v) is 3.07. The zero-order valence-electron chi connectivity index (χ0n) is 17.3. The molecular weight excluding hydrogens is 340 g/mol. The fraction of sp³-hybridized carbons (Fsp3) is 0.739. The van der Waals surface area contributed by atoms with Crippen molar-refractivity contribution in [2.45, 2.75) is 96.8 Å². The third kappa shape index (κ3) is 17.6. The van der Waals surface area contributed by atoms with Crippen LogP contribution in [-0.2, 0) is 14.3 Å². The largest absolute Gasteiger partial charge is 0.481 e. The molecular formula is C23H40O4. The molecule has 0 amide bonds. The third-order valence-electron chi connectivity index (χ3n) is 4.64. The minimum atomic E-state index is -0.948. The second-order valence-electron chi connectivity index (χ2n) is 7.23. The van der Waals surface area contributed by atoms with Gasteiger partial charge in [0.2, 0.25) is 0 Å². The molecule has 0 aliphatic rings. The SMILES string of the molecule is C=CCOC(=O)C(CCCCCCCCCCC/C=C/CCC)CC(=O)O. The first kappa shape index (κ1) is 25.4. The molecule has 156 valence electrons. The Morgan fingerprint density at radius 1 is 0.926 bits per heavy atom. The Kier molecular flexibility index (Phi) is 18.1. The predicted octanol–water partition coefficient (Wildman–Crippen LogP) is 6.45. The molecule has 0 saturated carbocycles. The molecule has 0 fully saturated rings. The van der Waals surface area contributed by atoms with Crippen LogP contribution in [0.15, 0.2) is 24.8 Å². The number of hydrogen-bond donors (Lipinski definition) is 1. The number of unbranched alkanes of at least 4 members (excludes halogenated alkanes) is 10. The van der Waals surface area contributed by atoms with E-state index in [0.717, 1.165) is 19.3 Å². The van der Waals surface area contributed by atoms with Gasteiger partial charge in [-0.1, -0.05) is 89.5 Å². The van der Waals surface area contributed by atoms with Gasteiger partial charge in [-0.3, -0.25) is 9.59 Å². The zero-order chi connectivity index (χ0) is 20.2. The second kappa shape index (κ2) is 19.2. The van der Waals surface area contributed by atoms with Gasteiger partial charge < -0.3 is 9.84 Å². The van der Waals surface area contributed by atoms with Crippen LogP contribution in [0, 0.1) is 5.92 Å². The van der Waals surface area contributed by atoms with Crippen molar-refractivity contribution >= 4 is 11.9 Å². The van der Waals surface area contributed by atoms with Crippen molar-refractivity contribution in [2.24, 2.45) is 5.92 Å². The van der Waals surface area contributed by atoms with Crippen LogP contribution in [0.5, 0.6) is 0 Å². The summed E-state index contributed by atoms with van der Waals surface area (Å²) in [4.78, 5) is 22.8. The van der Waals surface area contributed by atoms with Crippen molar-refractivity contribution in [3.05, 3.63) is 24.8 Å². The summed E-state index contributed by atoms with van der Waals surface area (Å²) < 4.78 is 5.00. The van der Waals surface area contributed by atoms with Crippen molar-refractivity contribution in [2.75, 3.05) is 6.61 Å². The lowest BCUT2D eigenvalue weighted by Crippen LogP contribution is -2.21. The number of esters is 1. The highest BCUT2D eigenvalue weighted by atomic mass is 16.5. The van der Waals surface area contributed by atoms with Gasteiger partial charge in [-0.25, -0.2) is 0 Å². The van der Waals surface area contributed by atoms with Crippen LogP contribution >= 0.6 is 0 Å². The first-order valence-electron chi connectivity index (χ1n) is 10.8. The minimum absolute atomic E-state index is 0.143. The van der Waals surface area contributed by atoms with Gasteiger partial charge in [0.05, 0.1) is 12.3 Å². The number of ether oxygens (including phenoxy) is 1. The number of carboxylic acid groups (broad SMARTS) is 1. The molecule has 27 heavy (non-hydrogen) atoms. The summed E-state index contributed by atoms with van der Waals surface area (Å²) in [6, 6.07) is 0. The van der Waals surface area contributed by atoms with E-state index >= 15 is 0 Å². The minimum Gasteiger partial charge on any atom is -0.481 e. The van der Waals surface area contributed by atoms with Gasteiger partial charge in [0.1, 0.15) is 6.61 Å². The van der Waals surface area contributed by atoms with Crippen LogP contribution in [0.1, 0.15) is 96.8 Å². The number of carbonyl (C=O) groups excluding carboxylic acids is 1. The quantitative estimate of drug-likeness (QED) is 0.159. The van der Waals surface area contributed by atoms with Crippen LogP contribution in [0.4, 0.5) is 0 Å². The molecule has 0 aliphatic heterocycles. The molecule has 0 aromatic carbocycles. The maximum absolute atomic E-state index is 11.9. The molecule has 0 heterocycles. The van der Waals surface area contributed by atoms with E-state index in [0.29, 0.717) is 6.42 Å². The average Bonchev–Trinajstić information content (AvgIpc) is 2.65. The second-order valence-corrected chi connectivity index (χ2v) is 7.23. The Hall–Kier alpha value is -1.58. The molecule has 4 nitrogen and oxygen atoms in total. The van der Waals surface area contributed by atoms with Crippen LogP contribution in [-0.4, -0.2) is 23.7 Å². The van der Waals surface area contributed by atoms with Crippen LogP contribution in [0.2, 0.25) is 0 Å². The first-order chi connectivity index (χ1) is 13.1. The molecule has 0 spiro atoms. The number of hydrogen-bond acceptors (Lipinski definition) is 3. The summed E-state index contributed by atoms with van der Waals surface area (Å²) in [6.45, 7) is 5.85. The summed E-state index contributed by atoms with van der Waals surface area (Å²) >= 11 is 0. The zero-order valence-corrected chi connectivity index (χ0v) is 17.3. The van der Waals surface area contributed by atoms with Gasteiger partial charge >= 0.3 is 11.9 Å². The van der Waals surface area contributed by atoms with E-state index in [2.05, 4.69) is 25.7 Å². The van der Waals surface area contributed by atoms with E-state index in [1.165, 1.54) is 63.9 Å². The molecule has 0 aliphatic carbocycles. The Morgan fingerprint density at radius 2 is 1.48 bits per heavy atom. The van der Waals surface area contributed by atoms with Gasteiger partial charge in [0, 0.05) is 0 Å². The standard InChI is InChI=1S/C23H40O4/c1-3-5-6-7-8-9-10-11-12-13-14-15-16-17-18-21(20-22(24)25)23(26)27-19-4-2/h4,6-7,21H,2-3,5,8-20H2,1H3,(H,24,25)/b7-6+. The average molecular weight is 381 g/mol. The molecule has 0 saturated heterocycles. The molecule has 0 aromatic rings. The van der Waals surface area contributed by atoms with Gasteiger partial charge in [0.15, 0.2) is 0 Å². The normalized spacial score (nSPS) is 12.2. The highest BCUT2D eigenvalue weighted by Gasteiger charge is 2.22. The van der Waals surface area contributed by atoms with Gasteiger partial charge in [0.25, 0.3) is 0 Å². The van der Waals surface area contributed by atoms with Crippen LogP contribution in [0.25, 0.3) is 0 Å². The van der Waals surface area contributed by atoms with Crippen molar-refractivity contribution in [3.63, 3.8) is 0 Å². The summed E-state index contributed by atoms with van der Waals surface area (Å²) in [5.41, 5.74) is 0. The number of rotatable bonds is 19. The molecule has 0 aromatic heterocycles. The van der Waals surface area contributed by atoms with Crippen molar-refractivity contribution < 1.29 is 19.4 Å². The van der Waals surface area contributed by atoms with Gasteiger partial charge in [-0.2, -0.15) is 0 Å². The molecule has 0 bridgehead atoms. The van der Waals surface area contributed by atoms with E-state index in [-0.39, 0.29) is 13.0 Å². The Morgan fingerprint density at radius 3 is 2.04 bits per heavy atom. The Labute approximate surface area is 166 Å². The van der Waals surface area contributed by atoms with Crippen molar-refractivity contribution in [3.8, 4) is 0 Å². The topological polar surface area (TPSA) is 63.6 Å². The van der Waals surface area contributed by atoms with Gasteiger partial charge in [-0.05, 0) is 25.7 Å². The van der Waals surface area contributed by atoms with E-state index in [1.807, 2.05) is 0 Å².